The molecular weight excluding hydrogens is 264 g/mol. The average molecular weight is 280 g/mol. The standard InChI is InChI=1S/C12H16N4O2S/c1-18-6-2-5-16-10(3-4-14-16)12(17)9-8-19-11(7-13)15-9/h3-4,8H,2,5-7,13H2,1H3. The molecule has 6 nitrogen and oxygen atoms in total. The third-order valence-electron chi connectivity index (χ3n) is 2.63. The summed E-state index contributed by atoms with van der Waals surface area (Å²) in [5.74, 6) is -0.120. The number of ether oxygens (including phenoxy) is 1. The van der Waals surface area contributed by atoms with Crippen molar-refractivity contribution < 1.29 is 9.53 Å². The third kappa shape index (κ3) is 3.25. The van der Waals surface area contributed by atoms with Crippen molar-refractivity contribution in [1.29, 1.82) is 0 Å². The second-order valence-corrected chi connectivity index (χ2v) is 4.89. The zero-order valence-electron chi connectivity index (χ0n) is 10.7. The maximum absolute atomic E-state index is 12.3. The van der Waals surface area contributed by atoms with Crippen LogP contribution in [0.2, 0.25) is 0 Å². The monoisotopic (exact) mass is 280 g/mol. The lowest BCUT2D eigenvalue weighted by molar-refractivity contribution is 0.102. The van der Waals surface area contributed by atoms with Gasteiger partial charge in [0.25, 0.3) is 0 Å². The van der Waals surface area contributed by atoms with Crippen LogP contribution in [0.1, 0.15) is 27.6 Å². The van der Waals surface area contributed by atoms with Crippen molar-refractivity contribution in [2.75, 3.05) is 13.7 Å². The van der Waals surface area contributed by atoms with E-state index in [2.05, 4.69) is 10.1 Å². The SMILES string of the molecule is COCCCn1nccc1C(=O)c1csc(CN)n1. The van der Waals surface area contributed by atoms with Crippen LogP contribution in [0, 0.1) is 0 Å². The van der Waals surface area contributed by atoms with Crippen LogP contribution in [0.5, 0.6) is 0 Å². The molecule has 0 aliphatic rings. The first-order valence-corrected chi connectivity index (χ1v) is 6.84. The minimum absolute atomic E-state index is 0.120. The van der Waals surface area contributed by atoms with Gasteiger partial charge in [0.2, 0.25) is 5.78 Å². The van der Waals surface area contributed by atoms with E-state index < -0.39 is 0 Å². The predicted octanol–water partition coefficient (Wildman–Crippen LogP) is 1.07. The molecule has 2 aromatic heterocycles. The third-order valence-corrected chi connectivity index (χ3v) is 3.50. The molecule has 102 valence electrons. The lowest BCUT2D eigenvalue weighted by atomic mass is 10.2. The Morgan fingerprint density at radius 1 is 1.58 bits per heavy atom. The van der Waals surface area contributed by atoms with E-state index in [0.29, 0.717) is 31.1 Å². The van der Waals surface area contributed by atoms with Gasteiger partial charge in [-0.2, -0.15) is 5.10 Å². The van der Waals surface area contributed by atoms with E-state index >= 15 is 0 Å². The van der Waals surface area contributed by atoms with Crippen molar-refractivity contribution in [2.24, 2.45) is 5.73 Å². The molecule has 0 aliphatic heterocycles. The fourth-order valence-electron chi connectivity index (χ4n) is 1.70. The number of carbonyl (C=O) groups excluding carboxylic acids is 1. The second kappa shape index (κ2) is 6.55. The average Bonchev–Trinajstić information content (AvgIpc) is 3.07. The molecular formula is C12H16N4O2S. The van der Waals surface area contributed by atoms with Crippen LogP contribution in [0.25, 0.3) is 0 Å². The fourth-order valence-corrected chi connectivity index (χ4v) is 2.36. The molecule has 0 atom stereocenters. The van der Waals surface area contributed by atoms with Crippen molar-refractivity contribution in [2.45, 2.75) is 19.5 Å². The molecule has 0 unspecified atom stereocenters. The lowest BCUT2D eigenvalue weighted by Gasteiger charge is -2.05. The normalized spacial score (nSPS) is 10.8. The van der Waals surface area contributed by atoms with E-state index in [9.17, 15) is 4.79 Å². The van der Waals surface area contributed by atoms with Crippen LogP contribution < -0.4 is 5.73 Å². The Hall–Kier alpha value is -1.57. The number of carbonyl (C=O) groups is 1. The molecule has 7 heteroatoms. The van der Waals surface area contributed by atoms with Gasteiger partial charge in [0.1, 0.15) is 16.4 Å². The number of aryl methyl sites for hydroxylation is 1. The van der Waals surface area contributed by atoms with Gasteiger partial charge >= 0.3 is 0 Å². The van der Waals surface area contributed by atoms with Crippen molar-refractivity contribution in [3.05, 3.63) is 34.0 Å². The Morgan fingerprint density at radius 2 is 2.42 bits per heavy atom. The minimum Gasteiger partial charge on any atom is -0.385 e. The highest BCUT2D eigenvalue weighted by Gasteiger charge is 2.17. The van der Waals surface area contributed by atoms with Gasteiger partial charge in [-0.05, 0) is 12.5 Å². The van der Waals surface area contributed by atoms with Crippen LogP contribution in [-0.4, -0.2) is 34.3 Å². The highest BCUT2D eigenvalue weighted by Crippen LogP contribution is 2.14. The van der Waals surface area contributed by atoms with E-state index in [0.717, 1.165) is 11.4 Å². The second-order valence-electron chi connectivity index (χ2n) is 3.95. The van der Waals surface area contributed by atoms with Crippen molar-refractivity contribution >= 4 is 17.1 Å². The van der Waals surface area contributed by atoms with Crippen LogP contribution in [0.15, 0.2) is 17.6 Å². The fraction of sp³-hybridized carbons (Fsp3) is 0.417. The first kappa shape index (κ1) is 13.9. The van der Waals surface area contributed by atoms with Crippen molar-refractivity contribution in [3.63, 3.8) is 0 Å². The maximum atomic E-state index is 12.3. The molecule has 0 saturated carbocycles. The van der Waals surface area contributed by atoms with E-state index in [4.69, 9.17) is 10.5 Å². The number of methoxy groups -OCH3 is 1. The van der Waals surface area contributed by atoms with Gasteiger partial charge in [-0.25, -0.2) is 4.98 Å². The Balaban J connectivity index is 2.12. The van der Waals surface area contributed by atoms with Crippen molar-refractivity contribution in [3.8, 4) is 0 Å². The van der Waals surface area contributed by atoms with Gasteiger partial charge in [0.05, 0.1) is 0 Å². The molecule has 0 amide bonds. The molecule has 2 aromatic rings. The van der Waals surface area contributed by atoms with Gasteiger partial charge < -0.3 is 10.5 Å². The summed E-state index contributed by atoms with van der Waals surface area (Å²) in [5, 5.41) is 6.64. The topological polar surface area (TPSA) is 83.0 Å². The Kier molecular flexibility index (Phi) is 4.78. The van der Waals surface area contributed by atoms with Crippen LogP contribution in [0.4, 0.5) is 0 Å². The first-order chi connectivity index (χ1) is 9.26. The number of nitrogens with two attached hydrogens (primary N) is 1. The highest BCUT2D eigenvalue weighted by molar-refractivity contribution is 7.09. The van der Waals surface area contributed by atoms with E-state index in [1.165, 1.54) is 11.3 Å². The molecule has 0 aromatic carbocycles. The summed E-state index contributed by atoms with van der Waals surface area (Å²) in [6.07, 6.45) is 2.43. The smallest absolute Gasteiger partial charge is 0.230 e. The summed E-state index contributed by atoms with van der Waals surface area (Å²) in [4.78, 5) is 16.5. The zero-order chi connectivity index (χ0) is 13.7. The number of aromatic nitrogens is 3. The molecule has 0 aliphatic carbocycles. The molecule has 0 saturated heterocycles. The summed E-state index contributed by atoms with van der Waals surface area (Å²) in [7, 11) is 1.65. The number of nitrogens with zero attached hydrogens (tertiary/aromatic N) is 3. The Morgan fingerprint density at radius 3 is 3.11 bits per heavy atom. The summed E-state index contributed by atoms with van der Waals surface area (Å²) in [6, 6.07) is 1.70. The minimum atomic E-state index is -0.120. The molecule has 2 N–H and O–H groups in total. The number of hydrogen-bond donors (Lipinski definition) is 1. The highest BCUT2D eigenvalue weighted by atomic mass is 32.1. The Bertz CT molecular complexity index is 549. The molecule has 19 heavy (non-hydrogen) atoms. The number of hydrogen-bond acceptors (Lipinski definition) is 6. The summed E-state index contributed by atoms with van der Waals surface area (Å²) in [5.41, 5.74) is 6.47. The van der Waals surface area contributed by atoms with Gasteiger partial charge in [-0.15, -0.1) is 11.3 Å². The van der Waals surface area contributed by atoms with Crippen molar-refractivity contribution in [1.82, 2.24) is 14.8 Å². The molecule has 0 radical (unpaired) electrons. The van der Waals surface area contributed by atoms with Gasteiger partial charge in [0.15, 0.2) is 0 Å². The first-order valence-electron chi connectivity index (χ1n) is 5.96. The number of ketones is 1. The van der Waals surface area contributed by atoms with Crippen LogP contribution >= 0.6 is 11.3 Å². The van der Waals surface area contributed by atoms with E-state index in [1.54, 1.807) is 29.4 Å². The summed E-state index contributed by atoms with van der Waals surface area (Å²) < 4.78 is 6.68. The van der Waals surface area contributed by atoms with E-state index in [-0.39, 0.29) is 5.78 Å². The van der Waals surface area contributed by atoms with Crippen LogP contribution in [-0.2, 0) is 17.8 Å². The van der Waals surface area contributed by atoms with E-state index in [1.807, 2.05) is 0 Å². The molecule has 2 rings (SSSR count). The largest absolute Gasteiger partial charge is 0.385 e. The van der Waals surface area contributed by atoms with Gasteiger partial charge in [0, 0.05) is 38.4 Å². The van der Waals surface area contributed by atoms with Gasteiger partial charge in [-0.1, -0.05) is 0 Å². The zero-order valence-corrected chi connectivity index (χ0v) is 11.5. The Labute approximate surface area is 115 Å². The predicted molar refractivity (Wildman–Crippen MR) is 72.2 cm³/mol. The van der Waals surface area contributed by atoms with Gasteiger partial charge in [-0.3, -0.25) is 9.48 Å². The number of rotatable bonds is 7. The quantitative estimate of drug-likeness (QED) is 0.606. The van der Waals surface area contributed by atoms with Crippen LogP contribution in [0.3, 0.4) is 0 Å². The molecule has 0 bridgehead atoms. The number of thiazole rings is 1. The lowest BCUT2D eigenvalue weighted by Crippen LogP contribution is -2.13. The summed E-state index contributed by atoms with van der Waals surface area (Å²) in [6.45, 7) is 1.64. The molecule has 0 fully saturated rings. The molecule has 0 spiro atoms. The maximum Gasteiger partial charge on any atom is 0.230 e. The summed E-state index contributed by atoms with van der Waals surface area (Å²) >= 11 is 1.40. The molecule has 2 heterocycles.